The summed E-state index contributed by atoms with van der Waals surface area (Å²) in [6, 6.07) is 6.02. The monoisotopic (exact) mass is 307 g/mol. The minimum atomic E-state index is 0. The van der Waals surface area contributed by atoms with Crippen LogP contribution in [0, 0.1) is 0 Å². The maximum Gasteiger partial charge on any atom is 0.251 e. The molecule has 0 saturated carbocycles. The molecule has 2 heterocycles. The fourth-order valence-corrected chi connectivity index (χ4v) is 2.98. The lowest BCUT2D eigenvalue weighted by Gasteiger charge is -2.19. The number of nitrogens with one attached hydrogen (secondary N) is 1. The van der Waals surface area contributed by atoms with Crippen LogP contribution in [0.2, 0.25) is 0 Å². The number of hydrogen-bond acceptors (Lipinski definition) is 2. The van der Waals surface area contributed by atoms with Gasteiger partial charge in [0.05, 0.1) is 12.2 Å². The molecule has 2 aromatic rings. The van der Waals surface area contributed by atoms with Gasteiger partial charge in [0, 0.05) is 23.7 Å². The molecule has 0 fully saturated rings. The van der Waals surface area contributed by atoms with E-state index in [0.29, 0.717) is 0 Å². The van der Waals surface area contributed by atoms with Crippen LogP contribution >= 0.6 is 12.4 Å². The van der Waals surface area contributed by atoms with Crippen LogP contribution in [0.4, 0.5) is 0 Å². The number of carbonyl (C=O) groups excluding carboxylic acids is 1. The molecule has 21 heavy (non-hydrogen) atoms. The first-order chi connectivity index (χ1) is 9.74. The second-order valence-corrected chi connectivity index (χ2v) is 5.27. The largest absolute Gasteiger partial charge is 0.352 e. The number of benzene rings is 1. The second-order valence-electron chi connectivity index (χ2n) is 5.27. The molecular formula is C16H22ClN3O. The van der Waals surface area contributed by atoms with E-state index in [9.17, 15) is 4.79 Å². The van der Waals surface area contributed by atoms with E-state index in [4.69, 9.17) is 0 Å². The van der Waals surface area contributed by atoms with Gasteiger partial charge in [0.15, 0.2) is 0 Å². The average molecular weight is 308 g/mol. The maximum atomic E-state index is 12.1. The van der Waals surface area contributed by atoms with E-state index >= 15 is 0 Å². The minimum absolute atomic E-state index is 0. The molecule has 114 valence electrons. The highest BCUT2D eigenvalue weighted by atomic mass is 35.5. The Labute approximate surface area is 131 Å². The molecule has 5 heteroatoms. The summed E-state index contributed by atoms with van der Waals surface area (Å²) in [6.45, 7) is 8.03. The first kappa shape index (κ1) is 15.9. The van der Waals surface area contributed by atoms with Gasteiger partial charge in [-0.2, -0.15) is 0 Å². The van der Waals surface area contributed by atoms with Crippen LogP contribution in [0.25, 0.3) is 10.9 Å². The summed E-state index contributed by atoms with van der Waals surface area (Å²) in [6.07, 6.45) is 3.12. The molecule has 0 radical (unpaired) electrons. The van der Waals surface area contributed by atoms with Crippen LogP contribution in [-0.2, 0) is 13.1 Å². The molecular weight excluding hydrogens is 286 g/mol. The van der Waals surface area contributed by atoms with Gasteiger partial charge in [-0.15, -0.1) is 12.4 Å². The van der Waals surface area contributed by atoms with Gasteiger partial charge in [-0.25, -0.2) is 0 Å². The fraction of sp³-hybridized carbons (Fsp3) is 0.438. The number of carbonyl (C=O) groups is 1. The van der Waals surface area contributed by atoms with Crippen molar-refractivity contribution in [2.75, 3.05) is 19.6 Å². The zero-order chi connectivity index (χ0) is 14.1. The summed E-state index contributed by atoms with van der Waals surface area (Å²) in [4.78, 5) is 14.5. The zero-order valence-electron chi connectivity index (χ0n) is 12.6. The Morgan fingerprint density at radius 1 is 1.29 bits per heavy atom. The normalized spacial score (nSPS) is 14.0. The van der Waals surface area contributed by atoms with Crippen molar-refractivity contribution in [3.05, 3.63) is 35.5 Å². The molecule has 1 aromatic carbocycles. The average Bonchev–Trinajstić information content (AvgIpc) is 2.73. The molecule has 1 aromatic heterocycles. The summed E-state index contributed by atoms with van der Waals surface area (Å²) >= 11 is 0. The quantitative estimate of drug-likeness (QED) is 0.943. The van der Waals surface area contributed by atoms with Crippen LogP contribution in [0.3, 0.4) is 0 Å². The molecule has 3 rings (SSSR count). The number of rotatable bonds is 4. The molecule has 1 N–H and O–H groups in total. The Bertz CT molecular complexity index is 646. The Kier molecular flexibility index (Phi) is 4.91. The lowest BCUT2D eigenvalue weighted by atomic mass is 10.1. The second kappa shape index (κ2) is 6.50. The molecule has 1 aliphatic rings. The van der Waals surface area contributed by atoms with Gasteiger partial charge in [0.25, 0.3) is 5.91 Å². The third-order valence-electron chi connectivity index (χ3n) is 4.16. The van der Waals surface area contributed by atoms with Crippen LogP contribution in [0.1, 0.15) is 29.8 Å². The summed E-state index contributed by atoms with van der Waals surface area (Å²) in [5.74, 6) is 0.0509. The number of halogens is 1. The van der Waals surface area contributed by atoms with Gasteiger partial charge in [-0.05, 0) is 37.2 Å². The van der Waals surface area contributed by atoms with Gasteiger partial charge in [-0.3, -0.25) is 9.69 Å². The highest BCUT2D eigenvalue weighted by Gasteiger charge is 2.20. The molecule has 0 spiro atoms. The van der Waals surface area contributed by atoms with E-state index < -0.39 is 0 Å². The molecule has 0 unspecified atom stereocenters. The van der Waals surface area contributed by atoms with E-state index in [1.54, 1.807) is 0 Å². The molecule has 0 atom stereocenters. The Hall–Kier alpha value is -1.52. The Morgan fingerprint density at radius 2 is 2.05 bits per heavy atom. The van der Waals surface area contributed by atoms with Crippen LogP contribution in [-0.4, -0.2) is 35.0 Å². The summed E-state index contributed by atoms with van der Waals surface area (Å²) in [5, 5.41) is 4.10. The smallest absolute Gasteiger partial charge is 0.251 e. The predicted molar refractivity (Wildman–Crippen MR) is 88.1 cm³/mol. The van der Waals surface area contributed by atoms with Crippen LogP contribution < -0.4 is 5.32 Å². The lowest BCUT2D eigenvalue weighted by molar-refractivity contribution is 0.0957. The van der Waals surface area contributed by atoms with Gasteiger partial charge in [0.2, 0.25) is 0 Å². The van der Waals surface area contributed by atoms with Crippen molar-refractivity contribution in [2.24, 2.45) is 0 Å². The van der Waals surface area contributed by atoms with Crippen molar-refractivity contribution < 1.29 is 4.79 Å². The SMILES string of the molecule is CCN(CC)Cn1cc2c3c(cccc31)C(=O)NCC2.Cl. The fourth-order valence-electron chi connectivity index (χ4n) is 2.98. The van der Waals surface area contributed by atoms with E-state index in [1.807, 2.05) is 12.1 Å². The molecule has 4 nitrogen and oxygen atoms in total. The molecule has 0 saturated heterocycles. The number of aromatic nitrogens is 1. The number of amides is 1. The van der Waals surface area contributed by atoms with Crippen molar-refractivity contribution in [2.45, 2.75) is 26.9 Å². The maximum absolute atomic E-state index is 12.1. The van der Waals surface area contributed by atoms with Gasteiger partial charge in [-0.1, -0.05) is 19.9 Å². The number of hydrogen-bond donors (Lipinski definition) is 1. The summed E-state index contributed by atoms with van der Waals surface area (Å²) in [5.41, 5.74) is 3.26. The van der Waals surface area contributed by atoms with Crippen molar-refractivity contribution in [3.8, 4) is 0 Å². The highest BCUT2D eigenvalue weighted by Crippen LogP contribution is 2.27. The predicted octanol–water partition coefficient (Wildman–Crippen LogP) is 2.65. The summed E-state index contributed by atoms with van der Waals surface area (Å²) in [7, 11) is 0. The van der Waals surface area contributed by atoms with Crippen LogP contribution in [0.15, 0.2) is 24.4 Å². The Balaban J connectivity index is 0.00000161. The third kappa shape index (κ3) is 2.78. The van der Waals surface area contributed by atoms with Crippen LogP contribution in [0.5, 0.6) is 0 Å². The molecule has 1 amide bonds. The topological polar surface area (TPSA) is 37.3 Å². The lowest BCUT2D eigenvalue weighted by Crippen LogP contribution is -2.26. The Morgan fingerprint density at radius 3 is 2.76 bits per heavy atom. The highest BCUT2D eigenvalue weighted by molar-refractivity contribution is 6.08. The van der Waals surface area contributed by atoms with Crippen molar-refractivity contribution in [3.63, 3.8) is 0 Å². The molecule has 0 aliphatic carbocycles. The van der Waals surface area contributed by atoms with Crippen molar-refractivity contribution >= 4 is 29.2 Å². The molecule has 0 bridgehead atoms. The molecule has 1 aliphatic heterocycles. The van der Waals surface area contributed by atoms with E-state index in [0.717, 1.165) is 43.7 Å². The van der Waals surface area contributed by atoms with E-state index in [-0.39, 0.29) is 18.3 Å². The van der Waals surface area contributed by atoms with Gasteiger partial charge >= 0.3 is 0 Å². The first-order valence-corrected chi connectivity index (χ1v) is 7.35. The van der Waals surface area contributed by atoms with Gasteiger partial charge in [0.1, 0.15) is 0 Å². The van der Waals surface area contributed by atoms with Crippen molar-refractivity contribution in [1.29, 1.82) is 0 Å². The van der Waals surface area contributed by atoms with Crippen molar-refractivity contribution in [1.82, 2.24) is 14.8 Å². The third-order valence-corrected chi connectivity index (χ3v) is 4.16. The van der Waals surface area contributed by atoms with E-state index in [2.05, 4.69) is 40.9 Å². The minimum Gasteiger partial charge on any atom is -0.352 e. The first-order valence-electron chi connectivity index (χ1n) is 7.35. The van der Waals surface area contributed by atoms with Gasteiger partial charge < -0.3 is 9.88 Å². The van der Waals surface area contributed by atoms with E-state index in [1.165, 1.54) is 11.1 Å². The standard InChI is InChI=1S/C16H21N3O.ClH/c1-3-18(4-2)11-19-10-12-8-9-17-16(20)13-6-5-7-14(19)15(12)13;/h5-7,10H,3-4,8-9,11H2,1-2H3,(H,17,20);1H. The summed E-state index contributed by atoms with van der Waals surface area (Å²) < 4.78 is 2.28. The zero-order valence-corrected chi connectivity index (χ0v) is 13.4. The number of nitrogens with zero attached hydrogens (tertiary/aromatic N) is 2.